The van der Waals surface area contributed by atoms with Gasteiger partial charge in [0, 0.05) is 5.69 Å². The van der Waals surface area contributed by atoms with E-state index in [1.807, 2.05) is 79.7 Å². The van der Waals surface area contributed by atoms with Gasteiger partial charge in [-0.3, -0.25) is 4.79 Å². The molecule has 0 fully saturated rings. The molecule has 3 heteroatoms. The van der Waals surface area contributed by atoms with Crippen LogP contribution in [0.15, 0.2) is 84.9 Å². The highest BCUT2D eigenvalue weighted by Gasteiger charge is 2.19. The molecule has 0 unspecified atom stereocenters. The van der Waals surface area contributed by atoms with Gasteiger partial charge in [-0.25, -0.2) is 0 Å². The van der Waals surface area contributed by atoms with Crippen LogP contribution in [-0.2, 0) is 11.2 Å². The van der Waals surface area contributed by atoms with E-state index in [-0.39, 0.29) is 5.91 Å². The van der Waals surface area contributed by atoms with Crippen LogP contribution in [0, 0.1) is 0 Å². The minimum Gasteiger partial charge on any atom is -0.481 e. The molecule has 0 aliphatic heterocycles. The molecule has 0 radical (unpaired) electrons. The SMILES string of the molecule is CC[C@H](Oc1ccccc1)C(=O)Nc1ccccc1Cc1ccccc1. The Kier molecular flexibility index (Phi) is 6.05. The Hall–Kier alpha value is -3.07. The summed E-state index contributed by atoms with van der Waals surface area (Å²) in [7, 11) is 0. The summed E-state index contributed by atoms with van der Waals surface area (Å²) in [6.07, 6.45) is 0.844. The molecule has 3 nitrogen and oxygen atoms in total. The minimum absolute atomic E-state index is 0.128. The lowest BCUT2D eigenvalue weighted by molar-refractivity contribution is -0.122. The van der Waals surface area contributed by atoms with Gasteiger partial charge in [-0.1, -0.05) is 73.7 Å². The van der Waals surface area contributed by atoms with E-state index in [0.717, 1.165) is 17.7 Å². The molecule has 1 N–H and O–H groups in total. The van der Waals surface area contributed by atoms with Crippen molar-refractivity contribution in [1.29, 1.82) is 0 Å². The Balaban J connectivity index is 1.72. The van der Waals surface area contributed by atoms with Gasteiger partial charge < -0.3 is 10.1 Å². The van der Waals surface area contributed by atoms with Crippen molar-refractivity contribution in [3.8, 4) is 5.75 Å². The third kappa shape index (κ3) is 4.73. The van der Waals surface area contributed by atoms with Crippen LogP contribution >= 0.6 is 0 Å². The zero-order chi connectivity index (χ0) is 18.2. The number of anilines is 1. The van der Waals surface area contributed by atoms with Gasteiger partial charge >= 0.3 is 0 Å². The largest absolute Gasteiger partial charge is 0.481 e. The topological polar surface area (TPSA) is 38.3 Å². The molecule has 26 heavy (non-hydrogen) atoms. The Bertz CT molecular complexity index is 831. The summed E-state index contributed by atoms with van der Waals surface area (Å²) in [5.41, 5.74) is 3.12. The zero-order valence-electron chi connectivity index (χ0n) is 14.9. The maximum absolute atomic E-state index is 12.7. The van der Waals surface area contributed by atoms with Gasteiger partial charge in [-0.15, -0.1) is 0 Å². The van der Waals surface area contributed by atoms with E-state index in [0.29, 0.717) is 12.2 Å². The third-order valence-electron chi connectivity index (χ3n) is 4.20. The first-order valence-corrected chi connectivity index (χ1v) is 8.90. The van der Waals surface area contributed by atoms with Crippen molar-refractivity contribution < 1.29 is 9.53 Å². The second-order valence-electron chi connectivity index (χ2n) is 6.14. The molecule has 0 bridgehead atoms. The summed E-state index contributed by atoms with van der Waals surface area (Å²) in [5, 5.41) is 3.04. The average molecular weight is 345 g/mol. The number of hydrogen-bond acceptors (Lipinski definition) is 2. The van der Waals surface area contributed by atoms with Gasteiger partial charge in [-0.2, -0.15) is 0 Å². The summed E-state index contributed by atoms with van der Waals surface area (Å²) in [6, 6.07) is 27.6. The first-order chi connectivity index (χ1) is 12.8. The fourth-order valence-electron chi connectivity index (χ4n) is 2.81. The van der Waals surface area contributed by atoms with Gasteiger partial charge in [0.1, 0.15) is 5.75 Å². The molecule has 1 atom stereocenters. The first kappa shape index (κ1) is 17.7. The van der Waals surface area contributed by atoms with Crippen molar-refractivity contribution in [2.24, 2.45) is 0 Å². The fraction of sp³-hybridized carbons (Fsp3) is 0.174. The summed E-state index contributed by atoms with van der Waals surface area (Å²) in [4.78, 5) is 12.7. The lowest BCUT2D eigenvalue weighted by Crippen LogP contribution is -2.32. The van der Waals surface area contributed by atoms with E-state index in [4.69, 9.17) is 4.74 Å². The smallest absolute Gasteiger partial charge is 0.265 e. The number of rotatable bonds is 7. The van der Waals surface area contributed by atoms with Crippen molar-refractivity contribution in [3.05, 3.63) is 96.1 Å². The maximum atomic E-state index is 12.7. The lowest BCUT2D eigenvalue weighted by Gasteiger charge is -2.18. The normalized spacial score (nSPS) is 11.6. The van der Waals surface area contributed by atoms with Crippen molar-refractivity contribution in [1.82, 2.24) is 0 Å². The quantitative estimate of drug-likeness (QED) is 0.649. The molecule has 0 spiro atoms. The van der Waals surface area contributed by atoms with Crippen molar-refractivity contribution >= 4 is 11.6 Å². The van der Waals surface area contributed by atoms with Gasteiger partial charge in [0.2, 0.25) is 0 Å². The van der Waals surface area contributed by atoms with E-state index in [1.54, 1.807) is 0 Å². The molecule has 0 aliphatic rings. The number of nitrogens with one attached hydrogen (secondary N) is 1. The van der Waals surface area contributed by atoms with Crippen LogP contribution in [0.25, 0.3) is 0 Å². The van der Waals surface area contributed by atoms with Crippen molar-refractivity contribution in [3.63, 3.8) is 0 Å². The van der Waals surface area contributed by atoms with Crippen LogP contribution < -0.4 is 10.1 Å². The second kappa shape index (κ2) is 8.86. The van der Waals surface area contributed by atoms with Crippen LogP contribution in [0.3, 0.4) is 0 Å². The standard InChI is InChI=1S/C23H23NO2/c1-2-22(26-20-14-7-4-8-15-20)23(25)24-21-16-10-9-13-19(21)17-18-11-5-3-6-12-18/h3-16,22H,2,17H2,1H3,(H,24,25)/t22-/m0/s1. The molecular weight excluding hydrogens is 322 g/mol. The number of benzene rings is 3. The molecule has 0 saturated heterocycles. The van der Waals surface area contributed by atoms with E-state index < -0.39 is 6.10 Å². The van der Waals surface area contributed by atoms with Crippen LogP contribution in [0.5, 0.6) is 5.75 Å². The van der Waals surface area contributed by atoms with E-state index in [2.05, 4.69) is 17.4 Å². The summed E-state index contributed by atoms with van der Waals surface area (Å²) < 4.78 is 5.84. The number of ether oxygens (including phenoxy) is 1. The van der Waals surface area contributed by atoms with Gasteiger partial charge in [0.15, 0.2) is 6.10 Å². The lowest BCUT2D eigenvalue weighted by atomic mass is 10.0. The number of hydrogen-bond donors (Lipinski definition) is 1. The molecule has 132 valence electrons. The molecule has 0 heterocycles. The molecule has 0 aliphatic carbocycles. The van der Waals surface area contributed by atoms with Crippen LogP contribution in [0.2, 0.25) is 0 Å². The highest BCUT2D eigenvalue weighted by Crippen LogP contribution is 2.20. The van der Waals surface area contributed by atoms with Crippen LogP contribution in [0.4, 0.5) is 5.69 Å². The molecule has 3 aromatic carbocycles. The van der Waals surface area contributed by atoms with E-state index in [1.165, 1.54) is 5.56 Å². The molecule has 3 aromatic rings. The maximum Gasteiger partial charge on any atom is 0.265 e. The summed E-state index contributed by atoms with van der Waals surface area (Å²) in [5.74, 6) is 0.573. The Morgan fingerprint density at radius 2 is 1.50 bits per heavy atom. The molecule has 1 amide bonds. The average Bonchev–Trinajstić information content (AvgIpc) is 2.69. The minimum atomic E-state index is -0.526. The monoisotopic (exact) mass is 345 g/mol. The van der Waals surface area contributed by atoms with Gasteiger partial charge in [0.25, 0.3) is 5.91 Å². The van der Waals surface area contributed by atoms with Gasteiger partial charge in [0.05, 0.1) is 0 Å². The van der Waals surface area contributed by atoms with E-state index >= 15 is 0 Å². The third-order valence-corrected chi connectivity index (χ3v) is 4.20. The number of carbonyl (C=O) groups excluding carboxylic acids is 1. The molecule has 0 saturated carbocycles. The summed E-state index contributed by atoms with van der Waals surface area (Å²) in [6.45, 7) is 1.95. The number of amides is 1. The van der Waals surface area contributed by atoms with Crippen molar-refractivity contribution in [2.45, 2.75) is 25.9 Å². The predicted molar refractivity (Wildman–Crippen MR) is 105 cm³/mol. The highest BCUT2D eigenvalue weighted by molar-refractivity contribution is 5.95. The van der Waals surface area contributed by atoms with Crippen LogP contribution in [-0.4, -0.2) is 12.0 Å². The fourth-order valence-corrected chi connectivity index (χ4v) is 2.81. The highest BCUT2D eigenvalue weighted by atomic mass is 16.5. The predicted octanol–water partition coefficient (Wildman–Crippen LogP) is 5.07. The van der Waals surface area contributed by atoms with Gasteiger partial charge in [-0.05, 0) is 42.2 Å². The number of carbonyl (C=O) groups is 1. The first-order valence-electron chi connectivity index (χ1n) is 8.90. The number of para-hydroxylation sites is 2. The molecule has 0 aromatic heterocycles. The Labute approximate surface area is 154 Å². The van der Waals surface area contributed by atoms with E-state index in [9.17, 15) is 4.79 Å². The summed E-state index contributed by atoms with van der Waals surface area (Å²) >= 11 is 0. The Morgan fingerprint density at radius 1 is 0.885 bits per heavy atom. The van der Waals surface area contributed by atoms with Crippen molar-refractivity contribution in [2.75, 3.05) is 5.32 Å². The molecule has 3 rings (SSSR count). The van der Waals surface area contributed by atoms with Crippen LogP contribution in [0.1, 0.15) is 24.5 Å². The second-order valence-corrected chi connectivity index (χ2v) is 6.14. The Morgan fingerprint density at radius 3 is 2.19 bits per heavy atom. The zero-order valence-corrected chi connectivity index (χ0v) is 14.9. The molecular formula is C23H23NO2.